The number of para-hydroxylation sites is 1. The fourth-order valence-corrected chi connectivity index (χ4v) is 1.95. The van der Waals surface area contributed by atoms with Crippen molar-refractivity contribution in [3.05, 3.63) is 29.8 Å². The lowest BCUT2D eigenvalue weighted by molar-refractivity contribution is -0.123. The van der Waals surface area contributed by atoms with E-state index in [1.165, 1.54) is 0 Å². The first-order valence-electron chi connectivity index (χ1n) is 6.81. The average Bonchev–Trinajstić information content (AvgIpc) is 2.36. The fourth-order valence-electron chi connectivity index (χ4n) is 1.95. The first-order chi connectivity index (χ1) is 9.04. The lowest BCUT2D eigenvalue weighted by Gasteiger charge is -2.15. The van der Waals surface area contributed by atoms with Crippen LogP contribution in [0.1, 0.15) is 45.2 Å². The molecule has 0 bridgehead atoms. The van der Waals surface area contributed by atoms with E-state index in [0.29, 0.717) is 5.75 Å². The molecule has 0 aliphatic carbocycles. The van der Waals surface area contributed by atoms with Gasteiger partial charge >= 0.3 is 0 Å². The molecule has 0 heterocycles. The van der Waals surface area contributed by atoms with Crippen molar-refractivity contribution in [2.24, 2.45) is 5.73 Å². The van der Waals surface area contributed by atoms with Crippen LogP contribution in [0.25, 0.3) is 0 Å². The molecule has 0 fully saturated rings. The van der Waals surface area contributed by atoms with Gasteiger partial charge in [0.05, 0.1) is 0 Å². The molecular formula is C15H24N2O2. The minimum atomic E-state index is -0.113. The summed E-state index contributed by atoms with van der Waals surface area (Å²) < 4.78 is 5.55. The van der Waals surface area contributed by atoms with Crippen molar-refractivity contribution in [3.63, 3.8) is 0 Å². The Bertz CT molecular complexity index is 405. The van der Waals surface area contributed by atoms with Gasteiger partial charge in [-0.1, -0.05) is 31.5 Å². The van der Waals surface area contributed by atoms with Gasteiger partial charge in [0, 0.05) is 17.6 Å². The normalized spacial score (nSPS) is 13.7. The van der Waals surface area contributed by atoms with Crippen LogP contribution in [0.15, 0.2) is 24.3 Å². The zero-order chi connectivity index (χ0) is 14.3. The SMILES string of the molecule is CCCC(C)NC(=O)COc1ccccc1C(C)N. The Morgan fingerprint density at radius 1 is 1.37 bits per heavy atom. The van der Waals surface area contributed by atoms with Gasteiger partial charge in [-0.2, -0.15) is 0 Å². The van der Waals surface area contributed by atoms with Gasteiger partial charge in [-0.3, -0.25) is 4.79 Å². The number of hydrogen-bond acceptors (Lipinski definition) is 3. The van der Waals surface area contributed by atoms with E-state index in [2.05, 4.69) is 12.2 Å². The van der Waals surface area contributed by atoms with E-state index in [1.807, 2.05) is 38.1 Å². The van der Waals surface area contributed by atoms with Gasteiger partial charge in [-0.25, -0.2) is 0 Å². The van der Waals surface area contributed by atoms with Crippen LogP contribution in [-0.2, 0) is 4.79 Å². The van der Waals surface area contributed by atoms with Crippen molar-refractivity contribution in [1.29, 1.82) is 0 Å². The van der Waals surface area contributed by atoms with Gasteiger partial charge in [0.25, 0.3) is 5.91 Å². The van der Waals surface area contributed by atoms with E-state index in [0.717, 1.165) is 18.4 Å². The Hall–Kier alpha value is -1.55. The van der Waals surface area contributed by atoms with Gasteiger partial charge in [0.1, 0.15) is 5.75 Å². The van der Waals surface area contributed by atoms with E-state index in [1.54, 1.807) is 0 Å². The maximum absolute atomic E-state index is 11.7. The Morgan fingerprint density at radius 2 is 2.05 bits per heavy atom. The molecule has 0 aromatic heterocycles. The molecule has 2 unspecified atom stereocenters. The van der Waals surface area contributed by atoms with Crippen LogP contribution in [-0.4, -0.2) is 18.6 Å². The van der Waals surface area contributed by atoms with Crippen LogP contribution in [0.3, 0.4) is 0 Å². The summed E-state index contributed by atoms with van der Waals surface area (Å²) in [6.45, 7) is 6.01. The monoisotopic (exact) mass is 264 g/mol. The molecule has 0 saturated heterocycles. The highest BCUT2D eigenvalue weighted by Crippen LogP contribution is 2.22. The van der Waals surface area contributed by atoms with Gasteiger partial charge < -0.3 is 15.8 Å². The van der Waals surface area contributed by atoms with Crippen LogP contribution in [0, 0.1) is 0 Å². The third-order valence-corrected chi connectivity index (χ3v) is 2.90. The Kier molecular flexibility index (Phi) is 6.36. The highest BCUT2D eigenvalue weighted by atomic mass is 16.5. The second-order valence-electron chi connectivity index (χ2n) is 4.87. The lowest BCUT2D eigenvalue weighted by atomic mass is 10.1. The van der Waals surface area contributed by atoms with E-state index >= 15 is 0 Å². The first kappa shape index (κ1) is 15.5. The van der Waals surface area contributed by atoms with Crippen molar-refractivity contribution in [2.75, 3.05) is 6.61 Å². The Labute approximate surface area is 115 Å². The smallest absolute Gasteiger partial charge is 0.258 e. The molecule has 19 heavy (non-hydrogen) atoms. The summed E-state index contributed by atoms with van der Waals surface area (Å²) in [5, 5.41) is 2.90. The molecule has 1 amide bonds. The summed E-state index contributed by atoms with van der Waals surface area (Å²) in [6.07, 6.45) is 2.03. The Balaban J connectivity index is 2.50. The van der Waals surface area contributed by atoms with Crippen LogP contribution in [0.5, 0.6) is 5.75 Å². The average molecular weight is 264 g/mol. The van der Waals surface area contributed by atoms with E-state index in [4.69, 9.17) is 10.5 Å². The van der Waals surface area contributed by atoms with Crippen LogP contribution in [0.2, 0.25) is 0 Å². The van der Waals surface area contributed by atoms with E-state index in [-0.39, 0.29) is 24.6 Å². The molecule has 2 atom stereocenters. The summed E-state index contributed by atoms with van der Waals surface area (Å²) >= 11 is 0. The first-order valence-corrected chi connectivity index (χ1v) is 6.81. The van der Waals surface area contributed by atoms with Gasteiger partial charge in [-0.05, 0) is 26.3 Å². The molecular weight excluding hydrogens is 240 g/mol. The van der Waals surface area contributed by atoms with Gasteiger partial charge in [-0.15, -0.1) is 0 Å². The summed E-state index contributed by atoms with van der Waals surface area (Å²) in [4.78, 5) is 11.7. The molecule has 1 aromatic carbocycles. The summed E-state index contributed by atoms with van der Waals surface area (Å²) in [5.74, 6) is 0.580. The number of amides is 1. The van der Waals surface area contributed by atoms with Crippen molar-refractivity contribution in [3.8, 4) is 5.75 Å². The van der Waals surface area contributed by atoms with Crippen molar-refractivity contribution in [1.82, 2.24) is 5.32 Å². The topological polar surface area (TPSA) is 64.3 Å². The predicted molar refractivity (Wildman–Crippen MR) is 77.1 cm³/mol. The third kappa shape index (κ3) is 5.30. The second kappa shape index (κ2) is 7.79. The molecule has 0 saturated carbocycles. The minimum Gasteiger partial charge on any atom is -0.483 e. The zero-order valence-corrected chi connectivity index (χ0v) is 12.0. The van der Waals surface area contributed by atoms with Crippen molar-refractivity contribution < 1.29 is 9.53 Å². The number of rotatable bonds is 7. The molecule has 0 radical (unpaired) electrons. The van der Waals surface area contributed by atoms with Crippen molar-refractivity contribution >= 4 is 5.91 Å². The highest BCUT2D eigenvalue weighted by molar-refractivity contribution is 5.77. The molecule has 4 nitrogen and oxygen atoms in total. The maximum atomic E-state index is 11.7. The number of nitrogens with one attached hydrogen (secondary N) is 1. The molecule has 106 valence electrons. The fraction of sp³-hybridized carbons (Fsp3) is 0.533. The number of hydrogen-bond donors (Lipinski definition) is 2. The maximum Gasteiger partial charge on any atom is 0.258 e. The van der Waals surface area contributed by atoms with Gasteiger partial charge in [0.2, 0.25) is 0 Å². The largest absolute Gasteiger partial charge is 0.483 e. The molecule has 1 aromatic rings. The summed E-state index contributed by atoms with van der Waals surface area (Å²) in [6, 6.07) is 7.61. The number of carbonyl (C=O) groups is 1. The summed E-state index contributed by atoms with van der Waals surface area (Å²) in [7, 11) is 0. The number of ether oxygens (including phenoxy) is 1. The quantitative estimate of drug-likeness (QED) is 0.794. The zero-order valence-electron chi connectivity index (χ0n) is 12.0. The minimum absolute atomic E-state index is 0.0256. The van der Waals surface area contributed by atoms with Crippen LogP contribution < -0.4 is 15.8 Å². The van der Waals surface area contributed by atoms with Crippen molar-refractivity contribution in [2.45, 2.75) is 45.7 Å². The Morgan fingerprint density at radius 3 is 2.68 bits per heavy atom. The molecule has 0 aliphatic heterocycles. The molecule has 0 spiro atoms. The molecule has 4 heteroatoms. The van der Waals surface area contributed by atoms with E-state index < -0.39 is 0 Å². The van der Waals surface area contributed by atoms with Crippen LogP contribution in [0.4, 0.5) is 0 Å². The molecule has 1 rings (SSSR count). The highest BCUT2D eigenvalue weighted by Gasteiger charge is 2.10. The predicted octanol–water partition coefficient (Wildman–Crippen LogP) is 2.39. The number of carbonyl (C=O) groups excluding carboxylic acids is 1. The third-order valence-electron chi connectivity index (χ3n) is 2.90. The molecule has 3 N–H and O–H groups in total. The number of nitrogens with two attached hydrogens (primary N) is 1. The van der Waals surface area contributed by atoms with E-state index in [9.17, 15) is 4.79 Å². The second-order valence-corrected chi connectivity index (χ2v) is 4.87. The standard InChI is InChI=1S/C15H24N2O2/c1-4-7-11(2)17-15(18)10-19-14-9-6-5-8-13(14)12(3)16/h5-6,8-9,11-12H,4,7,10,16H2,1-3H3,(H,17,18). The molecule has 0 aliphatic rings. The summed E-state index contributed by atoms with van der Waals surface area (Å²) in [5.41, 5.74) is 6.77. The number of benzene rings is 1. The lowest BCUT2D eigenvalue weighted by Crippen LogP contribution is -2.36. The van der Waals surface area contributed by atoms with Crippen LogP contribution >= 0.6 is 0 Å². The van der Waals surface area contributed by atoms with Gasteiger partial charge in [0.15, 0.2) is 6.61 Å².